The van der Waals surface area contributed by atoms with Gasteiger partial charge in [-0.25, -0.2) is 0 Å². The molecular weight excluding hydrogens is 236 g/mol. The van der Waals surface area contributed by atoms with Gasteiger partial charge in [0, 0.05) is 25.2 Å². The Bertz CT molecular complexity index is 467. The first-order valence-corrected chi connectivity index (χ1v) is 5.61. The Morgan fingerprint density at radius 1 is 1.50 bits per heavy atom. The molecule has 1 unspecified atom stereocenters. The van der Waals surface area contributed by atoms with Crippen LogP contribution in [0.4, 0.5) is 0 Å². The molecule has 18 heavy (non-hydrogen) atoms. The van der Waals surface area contributed by atoms with E-state index in [0.717, 1.165) is 6.07 Å². The van der Waals surface area contributed by atoms with Crippen molar-refractivity contribution in [3.63, 3.8) is 0 Å². The molecule has 1 rings (SSSR count). The van der Waals surface area contributed by atoms with E-state index in [1.165, 1.54) is 6.07 Å². The molecule has 0 bridgehead atoms. The minimum atomic E-state index is -0.666. The van der Waals surface area contributed by atoms with Gasteiger partial charge in [-0.3, -0.25) is 9.59 Å². The zero-order chi connectivity index (χ0) is 13.7. The predicted molar refractivity (Wildman–Crippen MR) is 66.6 cm³/mol. The van der Waals surface area contributed by atoms with Gasteiger partial charge in [0.2, 0.25) is 0 Å². The van der Waals surface area contributed by atoms with Crippen LogP contribution in [0.2, 0.25) is 0 Å². The van der Waals surface area contributed by atoms with Crippen LogP contribution in [0.25, 0.3) is 0 Å². The quantitative estimate of drug-likeness (QED) is 0.747. The van der Waals surface area contributed by atoms with E-state index >= 15 is 0 Å². The number of carbonyl (C=O) groups is 1. The van der Waals surface area contributed by atoms with Gasteiger partial charge in [-0.05, 0) is 21.0 Å². The lowest BCUT2D eigenvalue weighted by atomic mass is 10.3. The monoisotopic (exact) mass is 254 g/mol. The number of aliphatic hydroxyl groups is 1. The Balaban J connectivity index is 2.58. The van der Waals surface area contributed by atoms with Crippen LogP contribution in [0, 0.1) is 6.92 Å². The fourth-order valence-electron chi connectivity index (χ4n) is 1.50. The minimum absolute atomic E-state index is 0.0444. The van der Waals surface area contributed by atoms with Crippen LogP contribution in [-0.4, -0.2) is 49.2 Å². The number of aryl methyl sites for hydroxylation is 1. The third-order valence-electron chi connectivity index (χ3n) is 2.19. The van der Waals surface area contributed by atoms with Crippen LogP contribution in [-0.2, 0) is 0 Å². The third kappa shape index (κ3) is 4.68. The van der Waals surface area contributed by atoms with Crippen molar-refractivity contribution in [3.8, 4) is 0 Å². The Kier molecular flexibility index (Phi) is 5.06. The van der Waals surface area contributed by atoms with E-state index in [0.29, 0.717) is 12.3 Å². The number of rotatable bonds is 5. The van der Waals surface area contributed by atoms with Crippen molar-refractivity contribution >= 4 is 5.91 Å². The first-order chi connectivity index (χ1) is 8.38. The third-order valence-corrected chi connectivity index (χ3v) is 2.19. The van der Waals surface area contributed by atoms with Gasteiger partial charge in [-0.2, -0.15) is 0 Å². The van der Waals surface area contributed by atoms with Gasteiger partial charge < -0.3 is 19.7 Å². The summed E-state index contributed by atoms with van der Waals surface area (Å²) in [5, 5.41) is 12.1. The van der Waals surface area contributed by atoms with E-state index in [2.05, 4.69) is 5.32 Å². The van der Waals surface area contributed by atoms with Crippen LogP contribution in [0.5, 0.6) is 0 Å². The van der Waals surface area contributed by atoms with Crippen LogP contribution in [0.1, 0.15) is 16.3 Å². The maximum atomic E-state index is 11.7. The summed E-state index contributed by atoms with van der Waals surface area (Å²) in [6, 6.07) is 2.43. The summed E-state index contributed by atoms with van der Waals surface area (Å²) in [6.07, 6.45) is -0.666. The normalized spacial score (nSPS) is 12.5. The number of aliphatic hydroxyl groups excluding tert-OH is 1. The van der Waals surface area contributed by atoms with Gasteiger partial charge >= 0.3 is 0 Å². The molecule has 1 heterocycles. The van der Waals surface area contributed by atoms with E-state index in [1.807, 2.05) is 19.0 Å². The molecule has 0 spiro atoms. The Morgan fingerprint density at radius 2 is 2.17 bits per heavy atom. The highest BCUT2D eigenvalue weighted by molar-refractivity contribution is 5.91. The molecule has 6 nitrogen and oxygen atoms in total. The fraction of sp³-hybridized carbons (Fsp3) is 0.500. The zero-order valence-electron chi connectivity index (χ0n) is 10.8. The van der Waals surface area contributed by atoms with Crippen molar-refractivity contribution < 1.29 is 14.3 Å². The van der Waals surface area contributed by atoms with E-state index in [-0.39, 0.29) is 17.7 Å². The molecular formula is C12H18N2O4. The van der Waals surface area contributed by atoms with E-state index < -0.39 is 12.0 Å². The smallest absolute Gasteiger partial charge is 0.287 e. The average Bonchev–Trinajstić information content (AvgIpc) is 2.23. The molecule has 1 amide bonds. The number of likely N-dealkylation sites (N-methyl/N-ethyl adjacent to an activating group) is 1. The topological polar surface area (TPSA) is 82.8 Å². The largest absolute Gasteiger partial charge is 0.456 e. The zero-order valence-corrected chi connectivity index (χ0v) is 10.8. The number of nitrogens with zero attached hydrogens (tertiary/aromatic N) is 1. The number of hydrogen-bond donors (Lipinski definition) is 2. The van der Waals surface area contributed by atoms with Crippen molar-refractivity contribution in [1.82, 2.24) is 10.2 Å². The lowest BCUT2D eigenvalue weighted by Gasteiger charge is -2.16. The van der Waals surface area contributed by atoms with Crippen LogP contribution in [0.15, 0.2) is 21.3 Å². The fourth-order valence-corrected chi connectivity index (χ4v) is 1.50. The molecule has 2 N–H and O–H groups in total. The Morgan fingerprint density at radius 3 is 2.72 bits per heavy atom. The molecule has 100 valence electrons. The molecule has 0 aromatic carbocycles. The molecule has 1 atom stereocenters. The average molecular weight is 254 g/mol. The highest BCUT2D eigenvalue weighted by atomic mass is 16.3. The van der Waals surface area contributed by atoms with Crippen molar-refractivity contribution in [2.24, 2.45) is 0 Å². The molecule has 6 heteroatoms. The van der Waals surface area contributed by atoms with Crippen molar-refractivity contribution in [1.29, 1.82) is 0 Å². The second kappa shape index (κ2) is 6.32. The number of hydrogen-bond acceptors (Lipinski definition) is 5. The molecule has 0 aliphatic heterocycles. The summed E-state index contributed by atoms with van der Waals surface area (Å²) in [5.41, 5.74) is -0.280. The molecule has 0 saturated carbocycles. The summed E-state index contributed by atoms with van der Waals surface area (Å²) in [4.78, 5) is 24.7. The predicted octanol–water partition coefficient (Wildman–Crippen LogP) is -0.399. The SMILES string of the molecule is Cc1cc(=O)cc(C(=O)NCC(O)CN(C)C)o1. The van der Waals surface area contributed by atoms with E-state index in [4.69, 9.17) is 4.42 Å². The van der Waals surface area contributed by atoms with Gasteiger partial charge in [0.05, 0.1) is 6.10 Å². The van der Waals surface area contributed by atoms with E-state index in [1.54, 1.807) is 6.92 Å². The molecule has 0 aliphatic carbocycles. The molecule has 1 aromatic heterocycles. The van der Waals surface area contributed by atoms with Crippen LogP contribution in [0.3, 0.4) is 0 Å². The number of amides is 1. The highest BCUT2D eigenvalue weighted by Gasteiger charge is 2.12. The maximum Gasteiger partial charge on any atom is 0.287 e. The molecule has 1 aromatic rings. The first kappa shape index (κ1) is 14.4. The molecule has 0 aliphatic rings. The van der Waals surface area contributed by atoms with Gasteiger partial charge in [0.25, 0.3) is 5.91 Å². The van der Waals surface area contributed by atoms with Crippen LogP contribution < -0.4 is 10.7 Å². The van der Waals surface area contributed by atoms with Crippen molar-refractivity contribution in [2.45, 2.75) is 13.0 Å². The first-order valence-electron chi connectivity index (χ1n) is 5.61. The summed E-state index contributed by atoms with van der Waals surface area (Å²) in [5.74, 6) is -0.174. The minimum Gasteiger partial charge on any atom is -0.456 e. The summed E-state index contributed by atoms with van der Waals surface area (Å²) < 4.78 is 5.13. The Hall–Kier alpha value is -1.66. The maximum absolute atomic E-state index is 11.7. The van der Waals surface area contributed by atoms with Crippen molar-refractivity contribution in [3.05, 3.63) is 33.9 Å². The number of nitrogens with one attached hydrogen (secondary N) is 1. The summed E-state index contributed by atoms with van der Waals surface area (Å²) in [7, 11) is 3.65. The summed E-state index contributed by atoms with van der Waals surface area (Å²) in [6.45, 7) is 2.14. The lowest BCUT2D eigenvalue weighted by molar-refractivity contribution is 0.0862. The molecule has 0 radical (unpaired) electrons. The molecule has 0 fully saturated rings. The van der Waals surface area contributed by atoms with Crippen LogP contribution >= 0.6 is 0 Å². The van der Waals surface area contributed by atoms with Gasteiger partial charge in [0.1, 0.15) is 5.76 Å². The molecule has 0 saturated heterocycles. The van der Waals surface area contributed by atoms with Gasteiger partial charge in [-0.15, -0.1) is 0 Å². The second-order valence-electron chi connectivity index (χ2n) is 4.39. The van der Waals surface area contributed by atoms with E-state index in [9.17, 15) is 14.7 Å². The standard InChI is InChI=1S/C12H18N2O4/c1-8-4-9(15)5-11(18-8)12(17)13-6-10(16)7-14(2)3/h4-5,10,16H,6-7H2,1-3H3,(H,13,17). The highest BCUT2D eigenvalue weighted by Crippen LogP contribution is 2.00. The second-order valence-corrected chi connectivity index (χ2v) is 4.39. The number of carbonyl (C=O) groups excluding carboxylic acids is 1. The summed E-state index contributed by atoms with van der Waals surface area (Å²) >= 11 is 0. The van der Waals surface area contributed by atoms with Gasteiger partial charge in [0.15, 0.2) is 11.2 Å². The Labute approximate surface area is 105 Å². The lowest BCUT2D eigenvalue weighted by Crippen LogP contribution is -2.37. The van der Waals surface area contributed by atoms with Crippen molar-refractivity contribution in [2.75, 3.05) is 27.2 Å². The van der Waals surface area contributed by atoms with Gasteiger partial charge in [-0.1, -0.05) is 0 Å².